The van der Waals surface area contributed by atoms with Crippen molar-refractivity contribution in [1.29, 1.82) is 0 Å². The van der Waals surface area contributed by atoms with Crippen molar-refractivity contribution in [2.45, 2.75) is 76.2 Å². The first-order chi connectivity index (χ1) is 16.6. The molecule has 0 heterocycles. The van der Waals surface area contributed by atoms with Gasteiger partial charge in [-0.05, 0) is 51.0 Å². The van der Waals surface area contributed by atoms with Crippen LogP contribution < -0.4 is 10.4 Å². The van der Waals surface area contributed by atoms with Crippen LogP contribution in [0.1, 0.15) is 46.4 Å². The molecule has 2 aromatic carbocycles. The predicted molar refractivity (Wildman–Crippen MR) is 146 cm³/mol. The lowest BCUT2D eigenvalue weighted by Gasteiger charge is -2.44. The first-order valence-corrected chi connectivity index (χ1v) is 19.4. The Bertz CT molecular complexity index is 982. The van der Waals surface area contributed by atoms with E-state index >= 15 is 0 Å². The second kappa shape index (κ2) is 10.6. The summed E-state index contributed by atoms with van der Waals surface area (Å²) in [6, 6.07) is 14.7. The van der Waals surface area contributed by atoms with Crippen LogP contribution in [0, 0.1) is 13.8 Å². The molecule has 1 saturated carbocycles. The molecule has 2 radical (unpaired) electrons. The summed E-state index contributed by atoms with van der Waals surface area (Å²) in [6.45, 7) is 21.7. The van der Waals surface area contributed by atoms with Crippen LogP contribution in [0.5, 0.6) is 0 Å². The Kier molecular flexibility index (Phi) is 8.34. The Balaban J connectivity index is 1.64. The zero-order chi connectivity index (χ0) is 26.8. The Hall–Kier alpha value is -2.27. The molecule has 0 amide bonds. The minimum absolute atomic E-state index is 0.375. The molecule has 2 aromatic rings. The summed E-state index contributed by atoms with van der Waals surface area (Å²) in [6.07, 6.45) is 2.39. The molecule has 1 aliphatic rings. The molecule has 2 atom stereocenters. The van der Waals surface area contributed by atoms with Crippen LogP contribution in [-0.4, -0.2) is 39.3 Å². The van der Waals surface area contributed by atoms with E-state index in [1.807, 2.05) is 24.3 Å². The fourth-order valence-corrected chi connectivity index (χ4v) is 6.39. The quantitative estimate of drug-likeness (QED) is 0.262. The lowest BCUT2D eigenvalue weighted by molar-refractivity contribution is -0.403. The Morgan fingerprint density at radius 2 is 0.944 bits per heavy atom. The summed E-state index contributed by atoms with van der Waals surface area (Å²) in [5.41, 5.74) is -1.94. The molecule has 1 fully saturated rings. The van der Waals surface area contributed by atoms with Crippen LogP contribution in [0.25, 0.3) is 0 Å². The zero-order valence-corrected chi connectivity index (χ0v) is 24.3. The van der Waals surface area contributed by atoms with Gasteiger partial charge in [-0.1, -0.05) is 86.8 Å². The molecular weight excluding hydrogens is 488 g/mol. The van der Waals surface area contributed by atoms with E-state index in [0.717, 1.165) is 12.8 Å². The molecule has 3 rings (SSSR count). The maximum Gasteiger partial charge on any atom is 0.373 e. The van der Waals surface area contributed by atoms with Crippen molar-refractivity contribution in [3.63, 3.8) is 0 Å². The van der Waals surface area contributed by atoms with Crippen molar-refractivity contribution in [3.8, 4) is 0 Å². The Labute approximate surface area is 217 Å². The van der Waals surface area contributed by atoms with Gasteiger partial charge in [-0.15, -0.1) is 0 Å². The maximum atomic E-state index is 12.6. The normalized spacial score (nSPS) is 22.7. The molecule has 0 aromatic heterocycles. The van der Waals surface area contributed by atoms with Crippen LogP contribution in [0.2, 0.25) is 39.3 Å². The minimum atomic E-state index is -1.48. The summed E-state index contributed by atoms with van der Waals surface area (Å²) in [7, 11) is -2.96. The van der Waals surface area contributed by atoms with Gasteiger partial charge in [-0.2, -0.15) is 9.78 Å². The van der Waals surface area contributed by atoms with E-state index in [1.54, 1.807) is 24.3 Å². The number of hydrogen-bond donors (Lipinski definition) is 0. The SMILES string of the molecule is [CH2]C1(OOC(=O)c2ccc([Si](C)(C)C)cc2)CCCCC1([CH2])OOC(=O)c1ccc([Si](C)(C)C)cc1. The molecule has 0 aliphatic heterocycles. The molecule has 1 aliphatic carbocycles. The second-order valence-corrected chi connectivity index (χ2v) is 21.9. The number of carbonyl (C=O) groups is 2. The third-order valence-electron chi connectivity index (χ3n) is 6.77. The highest BCUT2D eigenvalue weighted by molar-refractivity contribution is 6.89. The molecule has 36 heavy (non-hydrogen) atoms. The smallest absolute Gasteiger partial charge is 0.292 e. The van der Waals surface area contributed by atoms with Crippen LogP contribution in [0.15, 0.2) is 48.5 Å². The van der Waals surface area contributed by atoms with Crippen LogP contribution in [0.3, 0.4) is 0 Å². The van der Waals surface area contributed by atoms with Crippen LogP contribution in [0.4, 0.5) is 0 Å². The topological polar surface area (TPSA) is 71.1 Å². The summed E-state index contributed by atoms with van der Waals surface area (Å²) in [5, 5.41) is 2.48. The first kappa shape index (κ1) is 28.3. The minimum Gasteiger partial charge on any atom is -0.292 e. The van der Waals surface area contributed by atoms with Crippen molar-refractivity contribution in [1.82, 2.24) is 0 Å². The average molecular weight is 527 g/mol. The van der Waals surface area contributed by atoms with E-state index in [2.05, 4.69) is 53.1 Å². The van der Waals surface area contributed by atoms with E-state index in [4.69, 9.17) is 19.6 Å². The van der Waals surface area contributed by atoms with Gasteiger partial charge in [0.15, 0.2) is 0 Å². The number of hydrogen-bond acceptors (Lipinski definition) is 6. The van der Waals surface area contributed by atoms with Crippen molar-refractivity contribution in [2.75, 3.05) is 0 Å². The molecule has 2 unspecified atom stereocenters. The Morgan fingerprint density at radius 1 is 0.639 bits per heavy atom. The highest BCUT2D eigenvalue weighted by Crippen LogP contribution is 2.42. The van der Waals surface area contributed by atoms with E-state index in [0.29, 0.717) is 24.0 Å². The van der Waals surface area contributed by atoms with Gasteiger partial charge in [0.25, 0.3) is 0 Å². The molecule has 0 N–H and O–H groups in total. The van der Waals surface area contributed by atoms with E-state index in [1.165, 1.54) is 10.4 Å². The summed E-state index contributed by atoms with van der Waals surface area (Å²) in [4.78, 5) is 46.8. The van der Waals surface area contributed by atoms with Crippen LogP contribution in [-0.2, 0) is 19.6 Å². The molecule has 194 valence electrons. The summed E-state index contributed by atoms with van der Waals surface area (Å²) in [5.74, 6) is -1.26. The van der Waals surface area contributed by atoms with Gasteiger partial charge in [0.1, 0.15) is 11.2 Å². The third-order valence-corrected chi connectivity index (χ3v) is 10.9. The van der Waals surface area contributed by atoms with Crippen molar-refractivity contribution in [3.05, 3.63) is 73.5 Å². The summed E-state index contributed by atoms with van der Waals surface area (Å²) < 4.78 is 0. The van der Waals surface area contributed by atoms with Crippen molar-refractivity contribution in [2.24, 2.45) is 0 Å². The van der Waals surface area contributed by atoms with Crippen molar-refractivity contribution < 1.29 is 29.1 Å². The van der Waals surface area contributed by atoms with Gasteiger partial charge in [-0.3, -0.25) is 9.78 Å². The van der Waals surface area contributed by atoms with Gasteiger partial charge in [0, 0.05) is 0 Å². The summed E-state index contributed by atoms with van der Waals surface area (Å²) >= 11 is 0. The lowest BCUT2D eigenvalue weighted by Crippen LogP contribution is -2.56. The van der Waals surface area contributed by atoms with E-state index in [9.17, 15) is 9.59 Å². The fourth-order valence-electron chi connectivity index (χ4n) is 4.06. The largest absolute Gasteiger partial charge is 0.373 e. The highest BCUT2D eigenvalue weighted by atomic mass is 28.3. The molecular formula is C28H38O6Si2. The fraction of sp³-hybridized carbons (Fsp3) is 0.429. The van der Waals surface area contributed by atoms with E-state index < -0.39 is 39.3 Å². The third kappa shape index (κ3) is 6.53. The Morgan fingerprint density at radius 3 is 1.22 bits per heavy atom. The predicted octanol–water partition coefficient (Wildman–Crippen LogP) is 5.37. The average Bonchev–Trinajstić information content (AvgIpc) is 2.82. The molecule has 0 bridgehead atoms. The maximum absolute atomic E-state index is 12.6. The van der Waals surface area contributed by atoms with Gasteiger partial charge in [0.2, 0.25) is 0 Å². The standard InChI is InChI=1S/C28H38O6Si2/c1-27(33-31-25(29)21-11-15-23(16-12-21)35(3,4)5)19-9-10-20-28(27,2)34-32-26(30)22-13-17-24(18-14-22)36(6,7)8/h11-18H,1-2,9-10,19-20H2,3-8H3. The van der Waals surface area contributed by atoms with Gasteiger partial charge in [-0.25, -0.2) is 9.59 Å². The zero-order valence-electron chi connectivity index (χ0n) is 22.3. The molecule has 0 saturated heterocycles. The lowest BCUT2D eigenvalue weighted by atomic mass is 9.74. The van der Waals surface area contributed by atoms with Gasteiger partial charge >= 0.3 is 11.9 Å². The number of carbonyl (C=O) groups excluding carboxylic acids is 2. The molecule has 0 spiro atoms. The monoisotopic (exact) mass is 526 g/mol. The highest BCUT2D eigenvalue weighted by Gasteiger charge is 2.53. The van der Waals surface area contributed by atoms with Crippen molar-refractivity contribution >= 4 is 38.5 Å². The molecule has 8 heteroatoms. The second-order valence-electron chi connectivity index (χ2n) is 11.8. The number of benzene rings is 2. The van der Waals surface area contributed by atoms with Crippen LogP contribution >= 0.6 is 0 Å². The van der Waals surface area contributed by atoms with E-state index in [-0.39, 0.29) is 0 Å². The van der Waals surface area contributed by atoms with Gasteiger partial charge < -0.3 is 0 Å². The number of rotatable bonds is 8. The molecule has 6 nitrogen and oxygen atoms in total. The van der Waals surface area contributed by atoms with Gasteiger partial charge in [0.05, 0.1) is 27.3 Å². The first-order valence-electron chi connectivity index (χ1n) is 12.4.